The molecule has 3 heterocycles. The molecule has 4 heteroatoms. The number of hydrogen-bond donors (Lipinski definition) is 0. The molecule has 3 unspecified atom stereocenters. The lowest BCUT2D eigenvalue weighted by Crippen LogP contribution is -2.66. The largest absolute Gasteiger partial charge is 0.371 e. The number of hydrogen-bond acceptors (Lipinski definition) is 3. The Morgan fingerprint density at radius 3 is 2.57 bits per heavy atom. The first-order valence-electron chi connectivity index (χ1n) is 8.80. The minimum Gasteiger partial charge on any atom is -0.371 e. The van der Waals surface area contributed by atoms with E-state index in [4.69, 9.17) is 4.74 Å². The van der Waals surface area contributed by atoms with Gasteiger partial charge in [-0.1, -0.05) is 6.92 Å². The van der Waals surface area contributed by atoms with Gasteiger partial charge in [-0.25, -0.2) is 0 Å². The van der Waals surface area contributed by atoms with Crippen LogP contribution in [0.1, 0.15) is 39.0 Å². The van der Waals surface area contributed by atoms with Gasteiger partial charge in [0.2, 0.25) is 5.91 Å². The summed E-state index contributed by atoms with van der Waals surface area (Å²) < 4.78 is 6.21. The van der Waals surface area contributed by atoms with Gasteiger partial charge in [0.1, 0.15) is 5.60 Å². The van der Waals surface area contributed by atoms with Crippen molar-refractivity contribution in [1.29, 1.82) is 0 Å². The number of ether oxygens (including phenoxy) is 1. The van der Waals surface area contributed by atoms with Gasteiger partial charge in [-0.3, -0.25) is 4.79 Å². The first-order chi connectivity index (χ1) is 10.2. The van der Waals surface area contributed by atoms with Crippen LogP contribution in [-0.2, 0) is 9.53 Å². The van der Waals surface area contributed by atoms with Crippen molar-refractivity contribution in [3.8, 4) is 0 Å². The number of nitrogens with zero attached hydrogens (tertiary/aromatic N) is 2. The molecule has 3 saturated heterocycles. The zero-order valence-electron chi connectivity index (χ0n) is 13.2. The van der Waals surface area contributed by atoms with Crippen molar-refractivity contribution in [2.45, 2.75) is 44.6 Å². The lowest BCUT2D eigenvalue weighted by molar-refractivity contribution is -0.190. The Hall–Kier alpha value is -0.610. The summed E-state index contributed by atoms with van der Waals surface area (Å²) in [6.45, 7) is 8.57. The van der Waals surface area contributed by atoms with Crippen LogP contribution in [0.4, 0.5) is 0 Å². The predicted octanol–water partition coefficient (Wildman–Crippen LogP) is 1.75. The van der Waals surface area contributed by atoms with Crippen LogP contribution in [0.2, 0.25) is 0 Å². The first kappa shape index (κ1) is 14.0. The van der Waals surface area contributed by atoms with E-state index in [-0.39, 0.29) is 5.60 Å². The van der Waals surface area contributed by atoms with Crippen LogP contribution >= 0.6 is 0 Å². The van der Waals surface area contributed by atoms with Crippen molar-refractivity contribution >= 4 is 5.91 Å². The van der Waals surface area contributed by atoms with E-state index < -0.39 is 0 Å². The second-order valence-electron chi connectivity index (χ2n) is 7.92. The lowest BCUT2D eigenvalue weighted by Gasteiger charge is -2.53. The summed E-state index contributed by atoms with van der Waals surface area (Å²) in [4.78, 5) is 16.8. The average molecular weight is 292 g/mol. The average Bonchev–Trinajstić information content (AvgIpc) is 2.96. The molecule has 0 aromatic rings. The van der Waals surface area contributed by atoms with Gasteiger partial charge in [0.25, 0.3) is 0 Å². The molecule has 3 atom stereocenters. The summed E-state index contributed by atoms with van der Waals surface area (Å²) >= 11 is 0. The van der Waals surface area contributed by atoms with Gasteiger partial charge in [-0.05, 0) is 57.0 Å². The molecule has 1 saturated carbocycles. The Morgan fingerprint density at radius 1 is 1.29 bits per heavy atom. The van der Waals surface area contributed by atoms with E-state index in [9.17, 15) is 4.79 Å². The highest BCUT2D eigenvalue weighted by molar-refractivity contribution is 5.82. The smallest absolute Gasteiger partial charge is 0.226 e. The van der Waals surface area contributed by atoms with E-state index in [1.807, 2.05) is 4.90 Å². The Balaban J connectivity index is 1.22. The molecule has 1 aliphatic carbocycles. The molecule has 1 spiro atoms. The first-order valence-corrected chi connectivity index (χ1v) is 8.80. The van der Waals surface area contributed by atoms with Crippen LogP contribution in [-0.4, -0.2) is 60.6 Å². The summed E-state index contributed by atoms with van der Waals surface area (Å²) in [7, 11) is 0. The van der Waals surface area contributed by atoms with Crippen molar-refractivity contribution in [2.24, 2.45) is 17.8 Å². The van der Waals surface area contributed by atoms with Crippen LogP contribution in [0.15, 0.2) is 0 Å². The third kappa shape index (κ3) is 2.72. The molecule has 118 valence electrons. The highest BCUT2D eigenvalue weighted by atomic mass is 16.5. The van der Waals surface area contributed by atoms with Crippen molar-refractivity contribution in [3.05, 3.63) is 0 Å². The fourth-order valence-electron chi connectivity index (χ4n) is 4.35. The molecule has 1 amide bonds. The highest BCUT2D eigenvalue weighted by Gasteiger charge is 2.52. The number of carbonyl (C=O) groups is 1. The SMILES string of the molecule is CC1CC1C(=O)N1CC2(CCC(CN3CCCC3)CO2)C1. The summed E-state index contributed by atoms with van der Waals surface area (Å²) in [6, 6.07) is 0. The highest BCUT2D eigenvalue weighted by Crippen LogP contribution is 2.43. The van der Waals surface area contributed by atoms with Crippen molar-refractivity contribution in [1.82, 2.24) is 9.80 Å². The third-order valence-corrected chi connectivity index (χ3v) is 6.04. The minimum absolute atomic E-state index is 0.0231. The van der Waals surface area contributed by atoms with Gasteiger partial charge in [-0.2, -0.15) is 0 Å². The fraction of sp³-hybridized carbons (Fsp3) is 0.941. The summed E-state index contributed by atoms with van der Waals surface area (Å²) in [5.74, 6) is 2.04. The van der Waals surface area contributed by atoms with E-state index in [1.165, 1.54) is 38.9 Å². The molecular weight excluding hydrogens is 264 g/mol. The quantitative estimate of drug-likeness (QED) is 0.794. The summed E-state index contributed by atoms with van der Waals surface area (Å²) in [5, 5.41) is 0. The molecule has 0 aromatic carbocycles. The topological polar surface area (TPSA) is 32.8 Å². The normalized spacial score (nSPS) is 38.5. The third-order valence-electron chi connectivity index (χ3n) is 6.04. The Bertz CT molecular complexity index is 403. The Kier molecular flexibility index (Phi) is 3.49. The second-order valence-corrected chi connectivity index (χ2v) is 7.92. The standard InChI is InChI=1S/C17H28N2O2/c1-13-8-15(13)16(20)19-11-17(12-19)5-4-14(10-21-17)9-18-6-2-3-7-18/h13-15H,2-12H2,1H3. The van der Waals surface area contributed by atoms with E-state index in [2.05, 4.69) is 11.8 Å². The molecule has 21 heavy (non-hydrogen) atoms. The van der Waals surface area contributed by atoms with Crippen LogP contribution in [0.5, 0.6) is 0 Å². The maximum atomic E-state index is 12.2. The van der Waals surface area contributed by atoms with Crippen LogP contribution in [0.3, 0.4) is 0 Å². The van der Waals surface area contributed by atoms with Gasteiger partial charge in [0.05, 0.1) is 19.7 Å². The van der Waals surface area contributed by atoms with Crippen LogP contribution < -0.4 is 0 Å². The molecule has 4 aliphatic rings. The maximum absolute atomic E-state index is 12.2. The number of rotatable bonds is 3. The molecule has 0 N–H and O–H groups in total. The molecule has 0 aromatic heterocycles. The zero-order chi connectivity index (χ0) is 14.4. The van der Waals surface area contributed by atoms with Crippen molar-refractivity contribution < 1.29 is 9.53 Å². The van der Waals surface area contributed by atoms with E-state index in [1.54, 1.807) is 0 Å². The summed E-state index contributed by atoms with van der Waals surface area (Å²) in [5.41, 5.74) is 0.0231. The van der Waals surface area contributed by atoms with Gasteiger partial charge in [-0.15, -0.1) is 0 Å². The fourth-order valence-corrected chi connectivity index (χ4v) is 4.35. The minimum atomic E-state index is 0.0231. The van der Waals surface area contributed by atoms with Gasteiger partial charge < -0.3 is 14.5 Å². The lowest BCUT2D eigenvalue weighted by atomic mass is 9.82. The monoisotopic (exact) mass is 292 g/mol. The van der Waals surface area contributed by atoms with Gasteiger partial charge >= 0.3 is 0 Å². The Morgan fingerprint density at radius 2 is 2.00 bits per heavy atom. The van der Waals surface area contributed by atoms with Crippen LogP contribution in [0.25, 0.3) is 0 Å². The Labute approximate surface area is 127 Å². The molecule has 0 radical (unpaired) electrons. The van der Waals surface area contributed by atoms with Crippen LogP contribution in [0, 0.1) is 17.8 Å². The van der Waals surface area contributed by atoms with Crippen molar-refractivity contribution in [2.75, 3.05) is 39.3 Å². The number of likely N-dealkylation sites (tertiary alicyclic amines) is 2. The summed E-state index contributed by atoms with van der Waals surface area (Å²) in [6.07, 6.45) is 6.26. The molecule has 4 rings (SSSR count). The maximum Gasteiger partial charge on any atom is 0.226 e. The molecule has 3 aliphatic heterocycles. The molecular formula is C17H28N2O2. The van der Waals surface area contributed by atoms with Gasteiger partial charge in [0, 0.05) is 12.5 Å². The van der Waals surface area contributed by atoms with E-state index in [0.717, 1.165) is 32.5 Å². The molecule has 4 fully saturated rings. The predicted molar refractivity (Wildman–Crippen MR) is 80.9 cm³/mol. The van der Waals surface area contributed by atoms with Crippen molar-refractivity contribution in [3.63, 3.8) is 0 Å². The zero-order valence-corrected chi connectivity index (χ0v) is 13.2. The molecule has 0 bridgehead atoms. The van der Waals surface area contributed by atoms with Gasteiger partial charge in [0.15, 0.2) is 0 Å². The second kappa shape index (κ2) is 5.24. The number of amides is 1. The molecule has 4 nitrogen and oxygen atoms in total. The van der Waals surface area contributed by atoms with E-state index in [0.29, 0.717) is 23.7 Å². The number of carbonyl (C=O) groups excluding carboxylic acids is 1. The van der Waals surface area contributed by atoms with E-state index >= 15 is 0 Å².